The van der Waals surface area contributed by atoms with E-state index in [1.807, 2.05) is 32.0 Å². The van der Waals surface area contributed by atoms with Gasteiger partial charge in [0.1, 0.15) is 11.5 Å². The van der Waals surface area contributed by atoms with Crippen molar-refractivity contribution in [2.75, 3.05) is 0 Å². The Balaban J connectivity index is 2.00. The minimum atomic E-state index is -0.350. The summed E-state index contributed by atoms with van der Waals surface area (Å²) in [5, 5.41) is 0. The highest BCUT2D eigenvalue weighted by Crippen LogP contribution is 2.29. The van der Waals surface area contributed by atoms with E-state index >= 15 is 0 Å². The second-order valence-corrected chi connectivity index (χ2v) is 4.83. The molecule has 0 aliphatic carbocycles. The fraction of sp³-hybridized carbons (Fsp3) is 0.118. The van der Waals surface area contributed by atoms with E-state index in [0.29, 0.717) is 17.1 Å². The maximum absolute atomic E-state index is 11.9. The van der Waals surface area contributed by atoms with Crippen LogP contribution in [0.25, 0.3) is 11.8 Å². The van der Waals surface area contributed by atoms with E-state index in [1.54, 1.807) is 30.5 Å². The van der Waals surface area contributed by atoms with Crippen LogP contribution in [0.1, 0.15) is 22.5 Å². The van der Waals surface area contributed by atoms with Crippen molar-refractivity contribution in [1.82, 2.24) is 0 Å². The molecule has 0 amide bonds. The molecule has 20 heavy (non-hydrogen) atoms. The monoisotopic (exact) mass is 266 g/mol. The van der Waals surface area contributed by atoms with Crippen LogP contribution in [0.3, 0.4) is 0 Å². The first-order valence-corrected chi connectivity index (χ1v) is 6.40. The Morgan fingerprint density at radius 2 is 2.00 bits per heavy atom. The summed E-state index contributed by atoms with van der Waals surface area (Å²) in [5.41, 5.74) is 3.65. The Labute approximate surface area is 117 Å². The molecule has 0 spiro atoms. The molecular formula is C17H14O3. The predicted octanol–water partition coefficient (Wildman–Crippen LogP) is 3.88. The highest BCUT2D eigenvalue weighted by molar-refractivity contribution is 6.05. The molecule has 3 heteroatoms. The Morgan fingerprint density at radius 1 is 1.15 bits per heavy atom. The molecule has 0 N–H and O–H groups in total. The highest BCUT2D eigenvalue weighted by atomic mass is 16.5. The molecule has 1 aromatic heterocycles. The molecule has 0 fully saturated rings. The molecular weight excluding hydrogens is 252 g/mol. The highest BCUT2D eigenvalue weighted by Gasteiger charge is 2.23. The summed E-state index contributed by atoms with van der Waals surface area (Å²) in [6.07, 6.45) is 5.01. The first-order valence-electron chi connectivity index (χ1n) is 6.40. The summed E-state index contributed by atoms with van der Waals surface area (Å²) in [7, 11) is 0. The third-order valence-corrected chi connectivity index (χ3v) is 3.22. The summed E-state index contributed by atoms with van der Waals surface area (Å²) < 4.78 is 10.6. The van der Waals surface area contributed by atoms with Crippen molar-refractivity contribution in [2.45, 2.75) is 13.8 Å². The van der Waals surface area contributed by atoms with Gasteiger partial charge in [-0.2, -0.15) is 0 Å². The number of cyclic esters (lactones) is 1. The molecule has 2 heterocycles. The quantitative estimate of drug-likeness (QED) is 0.611. The molecule has 3 rings (SSSR count). The molecule has 0 unspecified atom stereocenters. The SMILES string of the molecule is Cc1ccc(C)c(C2=CC(=Cc3ccco3)C(=O)O2)c1. The van der Waals surface area contributed by atoms with Crippen molar-refractivity contribution in [3.8, 4) is 0 Å². The van der Waals surface area contributed by atoms with E-state index in [9.17, 15) is 4.79 Å². The number of hydrogen-bond donors (Lipinski definition) is 0. The Hall–Kier alpha value is -2.55. The molecule has 1 aromatic carbocycles. The molecule has 2 aromatic rings. The summed E-state index contributed by atoms with van der Waals surface area (Å²) >= 11 is 0. The molecule has 3 nitrogen and oxygen atoms in total. The van der Waals surface area contributed by atoms with E-state index in [2.05, 4.69) is 0 Å². The second-order valence-electron chi connectivity index (χ2n) is 4.83. The molecule has 100 valence electrons. The number of benzene rings is 1. The molecule has 1 aliphatic rings. The van der Waals surface area contributed by atoms with Crippen LogP contribution in [0.15, 0.2) is 52.7 Å². The van der Waals surface area contributed by atoms with Crippen molar-refractivity contribution < 1.29 is 13.9 Å². The van der Waals surface area contributed by atoms with E-state index in [-0.39, 0.29) is 5.97 Å². The van der Waals surface area contributed by atoms with E-state index in [4.69, 9.17) is 9.15 Å². The molecule has 0 radical (unpaired) electrons. The van der Waals surface area contributed by atoms with Crippen molar-refractivity contribution >= 4 is 17.8 Å². The van der Waals surface area contributed by atoms with Crippen LogP contribution in [-0.2, 0) is 9.53 Å². The third-order valence-electron chi connectivity index (χ3n) is 3.22. The normalized spacial score (nSPS) is 16.4. The van der Waals surface area contributed by atoms with Gasteiger partial charge in [-0.05, 0) is 49.8 Å². The predicted molar refractivity (Wildman–Crippen MR) is 76.7 cm³/mol. The van der Waals surface area contributed by atoms with E-state index in [0.717, 1.165) is 16.7 Å². The van der Waals surface area contributed by atoms with Gasteiger partial charge in [-0.15, -0.1) is 0 Å². The lowest BCUT2D eigenvalue weighted by Crippen LogP contribution is -1.98. The Morgan fingerprint density at radius 3 is 2.75 bits per heavy atom. The van der Waals surface area contributed by atoms with Crippen molar-refractivity contribution in [3.63, 3.8) is 0 Å². The standard InChI is InChI=1S/C17H14O3/c1-11-5-6-12(2)15(8-11)16-10-13(17(18)20-16)9-14-4-3-7-19-14/h3-10H,1-2H3. The van der Waals surface area contributed by atoms with E-state index < -0.39 is 0 Å². The van der Waals surface area contributed by atoms with Gasteiger partial charge >= 0.3 is 5.97 Å². The average Bonchev–Trinajstić information content (AvgIpc) is 3.04. The first-order chi connectivity index (χ1) is 9.63. The average molecular weight is 266 g/mol. The number of carbonyl (C=O) groups is 1. The van der Waals surface area contributed by atoms with Gasteiger partial charge in [0.15, 0.2) is 0 Å². The number of aryl methyl sites for hydroxylation is 2. The smallest absolute Gasteiger partial charge is 0.343 e. The van der Waals surface area contributed by atoms with Gasteiger partial charge in [0.05, 0.1) is 11.8 Å². The maximum atomic E-state index is 11.9. The van der Waals surface area contributed by atoms with Crippen LogP contribution in [0, 0.1) is 13.8 Å². The van der Waals surface area contributed by atoms with Crippen molar-refractivity contribution in [3.05, 3.63) is 70.7 Å². The van der Waals surface area contributed by atoms with Gasteiger partial charge in [-0.1, -0.05) is 17.7 Å². The van der Waals surface area contributed by atoms with Crippen LogP contribution in [-0.4, -0.2) is 5.97 Å². The lowest BCUT2D eigenvalue weighted by atomic mass is 10.0. The summed E-state index contributed by atoms with van der Waals surface area (Å²) in [5.74, 6) is 0.877. The van der Waals surface area contributed by atoms with Crippen molar-refractivity contribution in [2.24, 2.45) is 0 Å². The van der Waals surface area contributed by atoms with Crippen LogP contribution in [0.5, 0.6) is 0 Å². The zero-order valence-corrected chi connectivity index (χ0v) is 11.3. The lowest BCUT2D eigenvalue weighted by molar-refractivity contribution is -0.130. The molecule has 0 saturated heterocycles. The number of furan rings is 1. The van der Waals surface area contributed by atoms with E-state index in [1.165, 1.54) is 0 Å². The van der Waals surface area contributed by atoms with Gasteiger partial charge in [0, 0.05) is 5.56 Å². The second kappa shape index (κ2) is 4.85. The minimum absolute atomic E-state index is 0.350. The summed E-state index contributed by atoms with van der Waals surface area (Å²) in [6, 6.07) is 9.65. The third kappa shape index (κ3) is 2.30. The summed E-state index contributed by atoms with van der Waals surface area (Å²) in [6.45, 7) is 4.01. The minimum Gasteiger partial charge on any atom is -0.465 e. The van der Waals surface area contributed by atoms with Gasteiger partial charge in [-0.25, -0.2) is 4.79 Å². The number of carbonyl (C=O) groups excluding carboxylic acids is 1. The maximum Gasteiger partial charge on any atom is 0.343 e. The first kappa shape index (κ1) is 12.5. The molecule has 0 atom stereocenters. The van der Waals surface area contributed by atoms with Gasteiger partial charge in [0.25, 0.3) is 0 Å². The van der Waals surface area contributed by atoms with Gasteiger partial charge in [0.2, 0.25) is 0 Å². The molecule has 0 bridgehead atoms. The van der Waals surface area contributed by atoms with Crippen LogP contribution in [0.4, 0.5) is 0 Å². The Kier molecular flexibility index (Phi) is 3.03. The molecule has 0 saturated carbocycles. The van der Waals surface area contributed by atoms with Gasteiger partial charge < -0.3 is 9.15 Å². The largest absolute Gasteiger partial charge is 0.465 e. The zero-order chi connectivity index (χ0) is 14.1. The fourth-order valence-electron chi connectivity index (χ4n) is 2.15. The number of ether oxygens (including phenoxy) is 1. The van der Waals surface area contributed by atoms with Gasteiger partial charge in [-0.3, -0.25) is 0 Å². The number of esters is 1. The molecule has 1 aliphatic heterocycles. The fourth-order valence-corrected chi connectivity index (χ4v) is 2.15. The topological polar surface area (TPSA) is 39.4 Å². The summed E-state index contributed by atoms with van der Waals surface area (Å²) in [4.78, 5) is 11.9. The lowest BCUT2D eigenvalue weighted by Gasteiger charge is -2.06. The number of hydrogen-bond acceptors (Lipinski definition) is 3. The number of rotatable bonds is 2. The Bertz CT molecular complexity index is 719. The van der Waals surface area contributed by atoms with Crippen LogP contribution < -0.4 is 0 Å². The zero-order valence-electron chi connectivity index (χ0n) is 11.3. The van der Waals surface area contributed by atoms with Crippen LogP contribution in [0.2, 0.25) is 0 Å². The van der Waals surface area contributed by atoms with Crippen molar-refractivity contribution in [1.29, 1.82) is 0 Å². The van der Waals surface area contributed by atoms with Crippen LogP contribution >= 0.6 is 0 Å².